The van der Waals surface area contributed by atoms with Crippen LogP contribution in [-0.4, -0.2) is 18.5 Å². The van der Waals surface area contributed by atoms with E-state index in [-0.39, 0.29) is 21.1 Å². The van der Waals surface area contributed by atoms with Gasteiger partial charge < -0.3 is 0 Å². The molecule has 0 aliphatic rings. The Bertz CT molecular complexity index is 202. The van der Waals surface area contributed by atoms with Gasteiger partial charge in [0.1, 0.15) is 0 Å². The molecule has 0 nitrogen and oxygen atoms in total. The average Bonchev–Trinajstić information content (AvgIpc) is 2.22. The molecule has 90 valence electrons. The minimum atomic E-state index is 0. The Morgan fingerprint density at radius 3 is 1.40 bits per heavy atom. The summed E-state index contributed by atoms with van der Waals surface area (Å²) in [5.41, 5.74) is 1.32. The summed E-state index contributed by atoms with van der Waals surface area (Å²) in [5.74, 6) is 0. The van der Waals surface area contributed by atoms with Gasteiger partial charge >= 0.3 is 0 Å². The van der Waals surface area contributed by atoms with Crippen molar-refractivity contribution in [3.05, 3.63) is 35.9 Å². The average molecular weight is 405 g/mol. The second-order valence-electron chi connectivity index (χ2n) is 3.27. The van der Waals surface area contributed by atoms with Gasteiger partial charge in [-0.25, -0.2) is 0 Å². The Hall–Kier alpha value is 0.338. The molecule has 0 saturated heterocycles. The van der Waals surface area contributed by atoms with Gasteiger partial charge in [0.05, 0.1) is 0 Å². The first-order valence-corrected chi connectivity index (χ1v) is 7.38. The molecule has 15 heavy (non-hydrogen) atoms. The number of hydrogen-bond donors (Lipinski definition) is 0. The molecule has 0 fully saturated rings. The summed E-state index contributed by atoms with van der Waals surface area (Å²) in [5, 5.41) is 0. The van der Waals surface area contributed by atoms with Crippen molar-refractivity contribution in [2.75, 3.05) is 18.5 Å². The Kier molecular flexibility index (Phi) is 14.7. The molecule has 0 bridgehead atoms. The number of hydrogen-bond acceptors (Lipinski definition) is 0. The summed E-state index contributed by atoms with van der Waals surface area (Å²) in [4.78, 5) is 0. The zero-order chi connectivity index (χ0) is 10.8. The Morgan fingerprint density at radius 2 is 1.27 bits per heavy atom. The van der Waals surface area contributed by atoms with Crippen LogP contribution in [0, 0.1) is 6.92 Å². The van der Waals surface area contributed by atoms with E-state index in [2.05, 4.69) is 39.8 Å². The number of rotatable bonds is 3. The molecule has 1 rings (SSSR count). The fraction of sp³-hybridized carbons (Fsp3) is 0.538. The molecule has 0 heterocycles. The van der Waals surface area contributed by atoms with Gasteiger partial charge in [-0.05, 0) is 25.4 Å². The maximum Gasteiger partial charge on any atom is 0 e. The molecular formula is C13H23PPt. The van der Waals surface area contributed by atoms with Crippen molar-refractivity contribution >= 4 is 7.92 Å². The SMILES string of the molecule is CCP(CC)CC.Cc1ccccc1.[Pt]. The van der Waals surface area contributed by atoms with E-state index in [1.54, 1.807) is 0 Å². The van der Waals surface area contributed by atoms with Crippen molar-refractivity contribution in [1.29, 1.82) is 0 Å². The first-order chi connectivity index (χ1) is 6.74. The molecule has 1 aromatic rings. The van der Waals surface area contributed by atoms with Gasteiger partial charge in [0.25, 0.3) is 0 Å². The molecule has 0 amide bonds. The molecule has 0 unspecified atom stereocenters. The van der Waals surface area contributed by atoms with Crippen LogP contribution in [0.15, 0.2) is 30.3 Å². The van der Waals surface area contributed by atoms with Crippen LogP contribution in [-0.2, 0) is 21.1 Å². The van der Waals surface area contributed by atoms with Crippen LogP contribution in [0.2, 0.25) is 0 Å². The minimum Gasteiger partial charge on any atom is -0.108 e. The van der Waals surface area contributed by atoms with Gasteiger partial charge in [-0.3, -0.25) is 0 Å². The fourth-order valence-corrected chi connectivity index (χ4v) is 2.55. The van der Waals surface area contributed by atoms with E-state index in [1.165, 1.54) is 24.0 Å². The summed E-state index contributed by atoms with van der Waals surface area (Å²) in [6.45, 7) is 8.95. The number of aryl methyl sites for hydroxylation is 1. The summed E-state index contributed by atoms with van der Waals surface area (Å²) in [6, 6.07) is 10.3. The van der Waals surface area contributed by atoms with E-state index < -0.39 is 0 Å². The smallest absolute Gasteiger partial charge is 0 e. The standard InChI is InChI=1S/C7H8.C6H15P.Pt/c1-7-5-3-2-4-6-7;1-4-7(5-2)6-3;/h2-6H,1H3;4-6H2,1-3H3;. The third-order valence-corrected chi connectivity index (χ3v) is 4.97. The van der Waals surface area contributed by atoms with E-state index in [4.69, 9.17) is 0 Å². The summed E-state index contributed by atoms with van der Waals surface area (Å²) < 4.78 is 0. The molecule has 0 spiro atoms. The van der Waals surface area contributed by atoms with Crippen LogP contribution >= 0.6 is 7.92 Å². The van der Waals surface area contributed by atoms with Gasteiger partial charge in [-0.15, -0.1) is 7.92 Å². The van der Waals surface area contributed by atoms with Crippen molar-refractivity contribution in [2.24, 2.45) is 0 Å². The van der Waals surface area contributed by atoms with Gasteiger partial charge in [0, 0.05) is 21.1 Å². The van der Waals surface area contributed by atoms with Crippen molar-refractivity contribution in [3.63, 3.8) is 0 Å². The zero-order valence-electron chi connectivity index (χ0n) is 10.3. The second kappa shape index (κ2) is 12.4. The predicted octanol–water partition coefficient (Wildman–Crippen LogP) is 4.52. The van der Waals surface area contributed by atoms with Gasteiger partial charge in [-0.2, -0.15) is 0 Å². The van der Waals surface area contributed by atoms with Crippen molar-refractivity contribution in [2.45, 2.75) is 27.7 Å². The topological polar surface area (TPSA) is 0 Å². The molecule has 0 aliphatic heterocycles. The zero-order valence-corrected chi connectivity index (χ0v) is 13.4. The Labute approximate surface area is 111 Å². The fourth-order valence-electron chi connectivity index (χ4n) is 1.21. The summed E-state index contributed by atoms with van der Waals surface area (Å²) in [7, 11) is 0.446. The predicted molar refractivity (Wildman–Crippen MR) is 69.7 cm³/mol. The van der Waals surface area contributed by atoms with Crippen LogP contribution in [0.3, 0.4) is 0 Å². The maximum atomic E-state index is 2.29. The van der Waals surface area contributed by atoms with Crippen molar-refractivity contribution < 1.29 is 21.1 Å². The summed E-state index contributed by atoms with van der Waals surface area (Å²) in [6.07, 6.45) is 4.26. The van der Waals surface area contributed by atoms with Gasteiger partial charge in [-0.1, -0.05) is 56.7 Å². The number of benzene rings is 1. The van der Waals surface area contributed by atoms with E-state index in [0.717, 1.165) is 0 Å². The molecule has 1 aromatic carbocycles. The van der Waals surface area contributed by atoms with E-state index in [1.807, 2.05) is 18.2 Å². The largest absolute Gasteiger partial charge is 0.108 e. The van der Waals surface area contributed by atoms with Gasteiger partial charge in [0.2, 0.25) is 0 Å². The molecular weight excluding hydrogens is 382 g/mol. The maximum absolute atomic E-state index is 2.29. The minimum absolute atomic E-state index is 0. The summed E-state index contributed by atoms with van der Waals surface area (Å²) >= 11 is 0. The Morgan fingerprint density at radius 1 is 0.867 bits per heavy atom. The van der Waals surface area contributed by atoms with Gasteiger partial charge in [0.15, 0.2) is 0 Å². The van der Waals surface area contributed by atoms with E-state index in [9.17, 15) is 0 Å². The molecule has 2 heteroatoms. The van der Waals surface area contributed by atoms with Crippen LogP contribution in [0.25, 0.3) is 0 Å². The van der Waals surface area contributed by atoms with Crippen molar-refractivity contribution in [3.8, 4) is 0 Å². The van der Waals surface area contributed by atoms with E-state index in [0.29, 0.717) is 7.92 Å². The molecule has 0 N–H and O–H groups in total. The van der Waals surface area contributed by atoms with Crippen LogP contribution in [0.1, 0.15) is 26.3 Å². The first kappa shape index (κ1) is 17.7. The second-order valence-corrected chi connectivity index (χ2v) is 6.51. The molecule has 0 aromatic heterocycles. The third-order valence-electron chi connectivity index (χ3n) is 2.28. The van der Waals surface area contributed by atoms with Crippen LogP contribution < -0.4 is 0 Å². The normalized spacial score (nSPS) is 8.87. The van der Waals surface area contributed by atoms with Crippen molar-refractivity contribution in [1.82, 2.24) is 0 Å². The molecule has 0 saturated carbocycles. The Balaban J connectivity index is 0. The van der Waals surface area contributed by atoms with Crippen LogP contribution in [0.5, 0.6) is 0 Å². The van der Waals surface area contributed by atoms with E-state index >= 15 is 0 Å². The van der Waals surface area contributed by atoms with Crippen LogP contribution in [0.4, 0.5) is 0 Å². The monoisotopic (exact) mass is 405 g/mol. The molecule has 0 aliphatic carbocycles. The quantitative estimate of drug-likeness (QED) is 0.649. The molecule has 0 radical (unpaired) electrons. The first-order valence-electron chi connectivity index (χ1n) is 5.48. The molecule has 0 atom stereocenters. The third kappa shape index (κ3) is 10.6.